The number of aliphatic hydroxyl groups excluding tert-OH is 1. The van der Waals surface area contributed by atoms with Crippen molar-refractivity contribution in [3.8, 4) is 0 Å². The van der Waals surface area contributed by atoms with Crippen molar-refractivity contribution in [3.05, 3.63) is 24.0 Å². The van der Waals surface area contributed by atoms with Gasteiger partial charge in [-0.15, -0.1) is 0 Å². The van der Waals surface area contributed by atoms with Gasteiger partial charge in [0.05, 0.1) is 18.9 Å². The smallest absolute Gasteiger partial charge is 0.0853 e. The lowest BCUT2D eigenvalue weighted by atomic mass is 10.2. The second kappa shape index (κ2) is 7.25. The first kappa shape index (κ1) is 13.9. The molecule has 17 heavy (non-hydrogen) atoms. The molecule has 4 nitrogen and oxygen atoms in total. The van der Waals surface area contributed by atoms with Crippen LogP contribution in [0.4, 0.5) is 5.69 Å². The van der Waals surface area contributed by atoms with Gasteiger partial charge in [0.1, 0.15) is 0 Å². The summed E-state index contributed by atoms with van der Waals surface area (Å²) in [5, 5.41) is 9.11. The molecule has 1 aromatic heterocycles. The third kappa shape index (κ3) is 3.98. The van der Waals surface area contributed by atoms with E-state index in [9.17, 15) is 0 Å². The van der Waals surface area contributed by atoms with Crippen LogP contribution in [0.1, 0.15) is 26.0 Å². The second-order valence-electron chi connectivity index (χ2n) is 4.11. The van der Waals surface area contributed by atoms with Crippen molar-refractivity contribution in [1.82, 2.24) is 4.98 Å². The molecule has 0 amide bonds. The second-order valence-corrected chi connectivity index (χ2v) is 4.11. The predicted octanol–water partition coefficient (Wildman–Crippen LogP) is 1.83. The zero-order chi connectivity index (χ0) is 12.7. The van der Waals surface area contributed by atoms with Crippen LogP contribution in [0.5, 0.6) is 0 Å². The molecule has 0 aromatic carbocycles. The summed E-state index contributed by atoms with van der Waals surface area (Å²) >= 11 is 0. The van der Waals surface area contributed by atoms with E-state index in [1.54, 1.807) is 13.3 Å². The van der Waals surface area contributed by atoms with Crippen molar-refractivity contribution in [2.24, 2.45) is 0 Å². The number of anilines is 1. The minimum atomic E-state index is -0.0214. The molecule has 0 aliphatic rings. The molecule has 0 fully saturated rings. The first-order valence-corrected chi connectivity index (χ1v) is 6.04. The molecular formula is C13H22N2O2. The van der Waals surface area contributed by atoms with Gasteiger partial charge in [-0.2, -0.15) is 0 Å². The summed E-state index contributed by atoms with van der Waals surface area (Å²) in [4.78, 5) is 6.38. The Balaban J connectivity index is 2.86. The molecule has 1 unspecified atom stereocenters. The number of hydrogen-bond acceptors (Lipinski definition) is 4. The molecule has 1 N–H and O–H groups in total. The third-order valence-corrected chi connectivity index (χ3v) is 2.95. The molecule has 96 valence electrons. The molecular weight excluding hydrogens is 216 g/mol. The van der Waals surface area contributed by atoms with Gasteiger partial charge in [-0.25, -0.2) is 0 Å². The molecule has 1 rings (SSSR count). The van der Waals surface area contributed by atoms with Gasteiger partial charge in [0.15, 0.2) is 0 Å². The van der Waals surface area contributed by atoms with Gasteiger partial charge in [-0.3, -0.25) is 4.98 Å². The molecule has 0 spiro atoms. The Kier molecular flexibility index (Phi) is 5.94. The van der Waals surface area contributed by atoms with Crippen LogP contribution < -0.4 is 4.90 Å². The van der Waals surface area contributed by atoms with E-state index in [2.05, 4.69) is 23.7 Å². The Morgan fingerprint density at radius 3 is 2.88 bits per heavy atom. The monoisotopic (exact) mass is 238 g/mol. The molecule has 1 atom stereocenters. The van der Waals surface area contributed by atoms with Gasteiger partial charge >= 0.3 is 0 Å². The van der Waals surface area contributed by atoms with Crippen molar-refractivity contribution in [2.45, 2.75) is 32.9 Å². The van der Waals surface area contributed by atoms with E-state index in [-0.39, 0.29) is 6.61 Å². The standard InChI is InChI=1S/C13H22N2O2/c1-4-11(2)15(7-8-17-3)13-5-6-14-12(9-13)10-16/h5-6,9,11,16H,4,7-8,10H2,1-3H3. The number of hydrogen-bond donors (Lipinski definition) is 1. The Labute approximate surface area is 103 Å². The predicted molar refractivity (Wildman–Crippen MR) is 69.1 cm³/mol. The lowest BCUT2D eigenvalue weighted by Crippen LogP contribution is -2.35. The van der Waals surface area contributed by atoms with E-state index in [4.69, 9.17) is 9.84 Å². The van der Waals surface area contributed by atoms with Crippen LogP contribution >= 0.6 is 0 Å². The molecule has 1 aromatic rings. The van der Waals surface area contributed by atoms with Gasteiger partial charge in [0.2, 0.25) is 0 Å². The third-order valence-electron chi connectivity index (χ3n) is 2.95. The Morgan fingerprint density at radius 1 is 1.53 bits per heavy atom. The summed E-state index contributed by atoms with van der Waals surface area (Å²) in [7, 11) is 1.71. The minimum absolute atomic E-state index is 0.0214. The maximum atomic E-state index is 9.11. The summed E-state index contributed by atoms with van der Waals surface area (Å²) in [5.41, 5.74) is 1.80. The lowest BCUT2D eigenvalue weighted by molar-refractivity contribution is 0.203. The SMILES string of the molecule is CCC(C)N(CCOC)c1ccnc(CO)c1. The molecule has 0 radical (unpaired) electrons. The van der Waals surface area contributed by atoms with E-state index in [1.807, 2.05) is 12.1 Å². The number of rotatable bonds is 7. The number of pyridine rings is 1. The molecule has 0 aliphatic carbocycles. The van der Waals surface area contributed by atoms with Gasteiger partial charge in [-0.05, 0) is 25.5 Å². The lowest BCUT2D eigenvalue weighted by Gasteiger charge is -2.30. The summed E-state index contributed by atoms with van der Waals surface area (Å²) in [6.07, 6.45) is 2.81. The molecule has 0 aliphatic heterocycles. The molecule has 0 saturated heterocycles. The molecule has 4 heteroatoms. The fourth-order valence-corrected chi connectivity index (χ4v) is 1.74. The zero-order valence-corrected chi connectivity index (χ0v) is 10.9. The highest BCUT2D eigenvalue weighted by molar-refractivity contribution is 5.47. The van der Waals surface area contributed by atoms with Gasteiger partial charge < -0.3 is 14.7 Å². The molecule has 0 bridgehead atoms. The maximum absolute atomic E-state index is 9.11. The number of methoxy groups -OCH3 is 1. The fraction of sp³-hybridized carbons (Fsp3) is 0.615. The van der Waals surface area contributed by atoms with E-state index < -0.39 is 0 Å². The average molecular weight is 238 g/mol. The van der Waals surface area contributed by atoms with Gasteiger partial charge in [0.25, 0.3) is 0 Å². The minimum Gasteiger partial charge on any atom is -0.390 e. The highest BCUT2D eigenvalue weighted by Gasteiger charge is 2.13. The van der Waals surface area contributed by atoms with E-state index >= 15 is 0 Å². The van der Waals surface area contributed by atoms with Crippen LogP contribution in [0.25, 0.3) is 0 Å². The number of aromatic nitrogens is 1. The molecule has 0 saturated carbocycles. The van der Waals surface area contributed by atoms with Crippen molar-refractivity contribution in [2.75, 3.05) is 25.2 Å². The first-order chi connectivity index (χ1) is 8.22. The average Bonchev–Trinajstić information content (AvgIpc) is 2.39. The maximum Gasteiger partial charge on any atom is 0.0853 e. The number of ether oxygens (including phenoxy) is 1. The van der Waals surface area contributed by atoms with Crippen LogP contribution in [0.2, 0.25) is 0 Å². The van der Waals surface area contributed by atoms with Crippen LogP contribution in [0.15, 0.2) is 18.3 Å². The first-order valence-electron chi connectivity index (χ1n) is 6.04. The van der Waals surface area contributed by atoms with Gasteiger partial charge in [0, 0.05) is 31.6 Å². The normalized spacial score (nSPS) is 12.5. The van der Waals surface area contributed by atoms with E-state index in [1.165, 1.54) is 0 Å². The summed E-state index contributed by atoms with van der Waals surface area (Å²) < 4.78 is 5.14. The van der Waals surface area contributed by atoms with Crippen LogP contribution in [-0.4, -0.2) is 36.4 Å². The van der Waals surface area contributed by atoms with Crippen molar-refractivity contribution < 1.29 is 9.84 Å². The summed E-state index contributed by atoms with van der Waals surface area (Å²) in [6.45, 7) is 5.88. The number of nitrogens with zero attached hydrogens (tertiary/aromatic N) is 2. The Hall–Kier alpha value is -1.13. The summed E-state index contributed by atoms with van der Waals surface area (Å²) in [6, 6.07) is 4.35. The highest BCUT2D eigenvalue weighted by atomic mass is 16.5. The number of aliphatic hydroxyl groups is 1. The van der Waals surface area contributed by atoms with Crippen molar-refractivity contribution in [3.63, 3.8) is 0 Å². The van der Waals surface area contributed by atoms with Crippen molar-refractivity contribution >= 4 is 5.69 Å². The fourth-order valence-electron chi connectivity index (χ4n) is 1.74. The van der Waals surface area contributed by atoms with Crippen LogP contribution in [-0.2, 0) is 11.3 Å². The van der Waals surface area contributed by atoms with Gasteiger partial charge in [-0.1, -0.05) is 6.92 Å². The molecule has 1 heterocycles. The van der Waals surface area contributed by atoms with Crippen molar-refractivity contribution in [1.29, 1.82) is 0 Å². The highest BCUT2D eigenvalue weighted by Crippen LogP contribution is 2.18. The topological polar surface area (TPSA) is 45.6 Å². The Bertz CT molecular complexity index is 331. The van der Waals surface area contributed by atoms with Crippen LogP contribution in [0, 0.1) is 0 Å². The largest absolute Gasteiger partial charge is 0.390 e. The zero-order valence-electron chi connectivity index (χ0n) is 10.9. The van der Waals surface area contributed by atoms with Crippen LogP contribution in [0.3, 0.4) is 0 Å². The van der Waals surface area contributed by atoms with E-state index in [0.717, 1.165) is 18.7 Å². The van der Waals surface area contributed by atoms with E-state index in [0.29, 0.717) is 18.3 Å². The Morgan fingerprint density at radius 2 is 2.29 bits per heavy atom. The quantitative estimate of drug-likeness (QED) is 0.787. The summed E-state index contributed by atoms with van der Waals surface area (Å²) in [5.74, 6) is 0.